The van der Waals surface area contributed by atoms with Crippen molar-refractivity contribution in [1.29, 1.82) is 0 Å². The molecule has 4 heterocycles. The van der Waals surface area contributed by atoms with Crippen LogP contribution < -0.4 is 0 Å². The van der Waals surface area contributed by atoms with Gasteiger partial charge in [-0.1, -0.05) is 91.8 Å². The summed E-state index contributed by atoms with van der Waals surface area (Å²) in [6.45, 7) is 21.8. The fraction of sp³-hybridized carbons (Fsp3) is 0.865. The number of esters is 1. The Morgan fingerprint density at radius 3 is 1.31 bits per heavy atom. The summed E-state index contributed by atoms with van der Waals surface area (Å²) < 4.78 is 54.6. The van der Waals surface area contributed by atoms with Crippen LogP contribution in [0.2, 0.25) is 0 Å². The summed E-state index contributed by atoms with van der Waals surface area (Å²) in [5, 5.41) is 113. The number of rotatable bonds is 43. The number of hydrogen-bond acceptors (Lipinski definition) is 20. The lowest BCUT2D eigenvalue weighted by Crippen LogP contribution is -2.46. The minimum Gasteiger partial charge on any atom is -0.478 e. The molecule has 0 bridgehead atoms. The van der Waals surface area contributed by atoms with E-state index in [-0.39, 0.29) is 110 Å². The highest BCUT2D eigenvalue weighted by atomic mass is 16.6. The second kappa shape index (κ2) is 42.5. The van der Waals surface area contributed by atoms with Crippen molar-refractivity contribution < 1.29 is 103 Å². The lowest BCUT2D eigenvalue weighted by Gasteiger charge is -2.38. The van der Waals surface area contributed by atoms with Crippen molar-refractivity contribution in [3.05, 3.63) is 47.6 Å². The first-order valence-electron chi connectivity index (χ1n) is 35.8. The van der Waals surface area contributed by atoms with E-state index in [1.54, 1.807) is 69.1 Å². The monoisotopic (exact) mass is 1350 g/mol. The number of ether oxygens (including phenoxy) is 9. The maximum atomic E-state index is 14.2. The van der Waals surface area contributed by atoms with Crippen LogP contribution in [0.4, 0.5) is 0 Å². The molecule has 0 aliphatic carbocycles. The average Bonchev–Trinajstić information content (AvgIpc) is 0.871. The Kier molecular flexibility index (Phi) is 37.8. The van der Waals surface area contributed by atoms with Gasteiger partial charge < -0.3 is 93.7 Å². The van der Waals surface area contributed by atoms with Crippen molar-refractivity contribution in [2.24, 2.45) is 47.3 Å². The molecule has 0 aromatic carbocycles. The second-order valence-electron chi connectivity index (χ2n) is 29.4. The van der Waals surface area contributed by atoms with Crippen LogP contribution in [0.15, 0.2) is 47.6 Å². The van der Waals surface area contributed by atoms with E-state index >= 15 is 0 Å². The Morgan fingerprint density at radius 2 is 0.895 bits per heavy atom. The molecule has 30 unspecified atom stereocenters. The first kappa shape index (κ1) is 84.6. The quantitative estimate of drug-likeness (QED) is 0.0155. The normalized spacial score (nSPS) is 30.4. The van der Waals surface area contributed by atoms with Gasteiger partial charge in [0, 0.05) is 101 Å². The van der Waals surface area contributed by atoms with Gasteiger partial charge in [0.05, 0.1) is 128 Å². The summed E-state index contributed by atoms with van der Waals surface area (Å²) in [6.07, 6.45) is 7.44. The third-order valence-corrected chi connectivity index (χ3v) is 21.7. The molecule has 0 radical (unpaired) electrons. The van der Waals surface area contributed by atoms with Gasteiger partial charge in [0.2, 0.25) is 0 Å². The van der Waals surface area contributed by atoms with Crippen molar-refractivity contribution in [1.82, 2.24) is 0 Å². The number of hydrogen-bond donors (Lipinski definition) is 10. The number of carbonyl (C=O) groups is 2. The van der Waals surface area contributed by atoms with Crippen molar-refractivity contribution in [2.45, 2.75) is 333 Å². The summed E-state index contributed by atoms with van der Waals surface area (Å²) in [6, 6.07) is 0. The Hall–Kier alpha value is -2.78. The Balaban J connectivity index is 1.35. The fourth-order valence-corrected chi connectivity index (χ4v) is 14.6. The number of aliphatic hydroxyl groups excluding tert-OH is 9. The molecule has 4 rings (SSSR count). The third kappa shape index (κ3) is 27.9. The molecule has 0 amide bonds. The summed E-state index contributed by atoms with van der Waals surface area (Å²) in [4.78, 5) is 25.4. The van der Waals surface area contributed by atoms with E-state index in [2.05, 4.69) is 0 Å². The summed E-state index contributed by atoms with van der Waals surface area (Å²) in [5.74, 6) is -5.65. The Morgan fingerprint density at radius 1 is 0.495 bits per heavy atom. The highest BCUT2D eigenvalue weighted by molar-refractivity contribution is 5.88. The lowest BCUT2D eigenvalue weighted by atomic mass is 9.78. The van der Waals surface area contributed by atoms with Crippen LogP contribution in [-0.4, -0.2) is 226 Å². The number of aliphatic hydroxyl groups is 9. The van der Waals surface area contributed by atoms with Gasteiger partial charge in [0.1, 0.15) is 6.10 Å². The van der Waals surface area contributed by atoms with E-state index in [4.69, 9.17) is 42.6 Å². The van der Waals surface area contributed by atoms with Gasteiger partial charge >= 0.3 is 11.9 Å². The van der Waals surface area contributed by atoms with E-state index in [1.165, 1.54) is 13.0 Å². The van der Waals surface area contributed by atoms with E-state index in [0.29, 0.717) is 44.9 Å². The molecule has 21 heteroatoms. The second-order valence-corrected chi connectivity index (χ2v) is 29.4. The molecular formula is C74H130O21. The highest BCUT2D eigenvalue weighted by Gasteiger charge is 2.42. The maximum absolute atomic E-state index is 14.2. The van der Waals surface area contributed by atoms with Crippen LogP contribution in [0, 0.1) is 47.3 Å². The number of carboxylic acids is 1. The van der Waals surface area contributed by atoms with Crippen LogP contribution in [0.5, 0.6) is 0 Å². The topological polar surface area (TPSA) is 320 Å². The molecule has 0 saturated carbocycles. The molecule has 95 heavy (non-hydrogen) atoms. The van der Waals surface area contributed by atoms with Crippen LogP contribution in [0.3, 0.4) is 0 Å². The average molecular weight is 1360 g/mol. The largest absolute Gasteiger partial charge is 0.478 e. The molecular weight excluding hydrogens is 1220 g/mol. The zero-order valence-electron chi connectivity index (χ0n) is 60.5. The SMILES string of the molecule is COC1CC(C)OC(CCC(C)C(O)C(C)C(O)C(C)C(O)CC(O)C(C)C(CC2CC=CC(CC(O)CC=C(C)C(=O)OC(C(C)C(O)CC(O)C(C)C(CC3CC=CC(CC(O)CC=C(C)C(=O)O)O3)OC)C(C)C(O)C(C)CCC3CC(OC)CC(C)O3)O2)OC)C1. The van der Waals surface area contributed by atoms with Gasteiger partial charge in [0.15, 0.2) is 0 Å². The van der Waals surface area contributed by atoms with E-state index in [9.17, 15) is 60.7 Å². The highest BCUT2D eigenvalue weighted by Crippen LogP contribution is 2.36. The van der Waals surface area contributed by atoms with Gasteiger partial charge in [-0.05, 0) is 129 Å². The maximum Gasteiger partial charge on any atom is 0.333 e. The fourth-order valence-electron chi connectivity index (χ4n) is 14.6. The van der Waals surface area contributed by atoms with Gasteiger partial charge in [-0.25, -0.2) is 9.59 Å². The van der Waals surface area contributed by atoms with Crippen LogP contribution >= 0.6 is 0 Å². The van der Waals surface area contributed by atoms with Gasteiger partial charge in [-0.2, -0.15) is 0 Å². The Bertz CT molecular complexity index is 2300. The summed E-state index contributed by atoms with van der Waals surface area (Å²) in [7, 11) is 6.55. The molecule has 21 nitrogen and oxygen atoms in total. The van der Waals surface area contributed by atoms with Crippen LogP contribution in [0.25, 0.3) is 0 Å². The zero-order chi connectivity index (χ0) is 71.0. The summed E-state index contributed by atoms with van der Waals surface area (Å²) >= 11 is 0. The molecule has 10 N–H and O–H groups in total. The molecule has 2 fully saturated rings. The molecule has 30 atom stereocenters. The van der Waals surface area contributed by atoms with Gasteiger partial charge in [-0.3, -0.25) is 0 Å². The minimum atomic E-state index is -1.19. The number of carbonyl (C=O) groups excluding carboxylic acids is 1. The molecule has 4 aliphatic heterocycles. The Labute approximate surface area is 569 Å². The number of carboxylic acid groups (broad SMARTS) is 1. The molecule has 2 saturated heterocycles. The van der Waals surface area contributed by atoms with Crippen molar-refractivity contribution >= 4 is 11.9 Å². The molecule has 552 valence electrons. The predicted octanol–water partition coefficient (Wildman–Crippen LogP) is 8.52. The van der Waals surface area contributed by atoms with E-state index < -0.39 is 133 Å². The summed E-state index contributed by atoms with van der Waals surface area (Å²) in [5.41, 5.74) is 0.370. The smallest absolute Gasteiger partial charge is 0.333 e. The van der Waals surface area contributed by atoms with E-state index in [0.717, 1.165) is 32.1 Å². The predicted molar refractivity (Wildman–Crippen MR) is 363 cm³/mol. The van der Waals surface area contributed by atoms with Gasteiger partial charge in [-0.15, -0.1) is 0 Å². The van der Waals surface area contributed by atoms with Crippen molar-refractivity contribution in [3.63, 3.8) is 0 Å². The zero-order valence-corrected chi connectivity index (χ0v) is 60.5. The molecule has 0 spiro atoms. The lowest BCUT2D eigenvalue weighted by molar-refractivity contribution is -0.159. The number of methoxy groups -OCH3 is 4. The first-order valence-corrected chi connectivity index (χ1v) is 35.8. The minimum absolute atomic E-state index is 0.0163. The molecule has 4 aliphatic rings. The van der Waals surface area contributed by atoms with Crippen LogP contribution in [0.1, 0.15) is 199 Å². The molecule has 0 aromatic rings. The van der Waals surface area contributed by atoms with Crippen molar-refractivity contribution in [2.75, 3.05) is 28.4 Å². The van der Waals surface area contributed by atoms with Crippen molar-refractivity contribution in [3.8, 4) is 0 Å². The number of aliphatic carboxylic acids is 1. The van der Waals surface area contributed by atoms with Gasteiger partial charge in [0.25, 0.3) is 0 Å². The van der Waals surface area contributed by atoms with Crippen LogP contribution in [-0.2, 0) is 52.2 Å². The van der Waals surface area contributed by atoms with E-state index in [1.807, 2.05) is 65.8 Å². The third-order valence-electron chi connectivity index (χ3n) is 21.7. The first-order chi connectivity index (χ1) is 44.8. The molecule has 0 aromatic heterocycles. The standard InChI is InChI=1S/C74H130O21/c1-41(25-29-59-35-61(87-13)31-45(5)91-59)69(81)51(11)71(83)49(9)65(79)39-63(77)47(7)67(89-15)37-57-22-18-20-56(94-57)34-54(76)28-24-44(4)74(86)95-72(52(12)70(82)42(2)26-30-60-36-62(88-14)32-46(6)92-60)50(10)66(80)40-64(78)48(8)68(90-16)38-58-21-17-19-55(93-58)33-53(75)27-23-43(3)73(84)85/h17-20,23-24,41-42,45-72,75-83H,21-22,25-40H2,1-16H3,(H,84,85).